The largest absolute Gasteiger partial charge is 0.309 e. The molecule has 290 valence electrons. The summed E-state index contributed by atoms with van der Waals surface area (Å²) in [6.07, 6.45) is 0. The van der Waals surface area contributed by atoms with Crippen LogP contribution in [0.1, 0.15) is 45.9 Å². The van der Waals surface area contributed by atoms with Gasteiger partial charge in [0, 0.05) is 16.5 Å². The highest BCUT2D eigenvalue weighted by Crippen LogP contribution is 2.68. The van der Waals surface area contributed by atoms with Crippen molar-refractivity contribution in [2.75, 3.05) is 4.90 Å². The van der Waals surface area contributed by atoms with Gasteiger partial charge in [-0.3, -0.25) is 0 Å². The van der Waals surface area contributed by atoms with E-state index in [0.29, 0.717) is 0 Å². The molecule has 0 N–H and O–H groups in total. The normalized spacial score (nSPS) is 17.5. The summed E-state index contributed by atoms with van der Waals surface area (Å²) >= 11 is 0. The Hall–Kier alpha value is -7.74. The van der Waals surface area contributed by atoms with Crippen LogP contribution in [0.4, 0.5) is 17.1 Å². The predicted molar refractivity (Wildman–Crippen MR) is 258 cm³/mol. The second-order valence-electron chi connectivity index (χ2n) is 17.2. The van der Waals surface area contributed by atoms with Crippen molar-refractivity contribution in [3.63, 3.8) is 0 Å². The highest BCUT2D eigenvalue weighted by atomic mass is 15.2. The molecule has 0 spiro atoms. The quantitative estimate of drug-likeness (QED) is 0.168. The SMILES string of the molecule is CC12c3ccc4c(c3N(c3ccccc3-c3ccccc3)c3cccc(c31)-c1c2ccc2ccccc12)-c1ccccc1C4(c1ccccc1)c1ccc(-c2ccccc2)cc1. The molecule has 1 aliphatic heterocycles. The Labute approximate surface area is 362 Å². The van der Waals surface area contributed by atoms with Crippen molar-refractivity contribution in [1.82, 2.24) is 0 Å². The molecule has 3 aliphatic rings. The molecule has 10 aromatic carbocycles. The first kappa shape index (κ1) is 35.1. The minimum absolute atomic E-state index is 0.419. The molecule has 1 nitrogen and oxygen atoms in total. The van der Waals surface area contributed by atoms with Crippen LogP contribution < -0.4 is 4.90 Å². The third kappa shape index (κ3) is 4.57. The standard InChI is InChI=1S/C61H41N/c1-60-51-37-34-43-22-11-12-26-47(43)56(51)49-28-17-31-55(58(49)60)62(54-30-16-14-25-46(54)42-20-7-3-8-21-42)59-53(60)39-38-52-57(59)48-27-13-15-29-50(48)61(52,44-23-9-4-10-24-44)45-35-32-41(33-36-45)40-18-5-2-6-19-40/h2-39H,1H3. The Morgan fingerprint density at radius 1 is 0.339 bits per heavy atom. The van der Waals surface area contributed by atoms with Gasteiger partial charge in [-0.05, 0) is 102 Å². The molecule has 2 unspecified atom stereocenters. The molecule has 0 saturated heterocycles. The Morgan fingerprint density at radius 2 is 0.903 bits per heavy atom. The summed E-state index contributed by atoms with van der Waals surface area (Å²) in [6, 6.07) is 86.2. The van der Waals surface area contributed by atoms with E-state index in [9.17, 15) is 0 Å². The molecule has 0 radical (unpaired) electrons. The summed E-state index contributed by atoms with van der Waals surface area (Å²) in [7, 11) is 0. The number of nitrogens with zero attached hydrogens (tertiary/aromatic N) is 1. The smallest absolute Gasteiger partial charge is 0.0714 e. The molecule has 2 atom stereocenters. The van der Waals surface area contributed by atoms with E-state index in [1.165, 1.54) is 111 Å². The van der Waals surface area contributed by atoms with Crippen LogP contribution in [0.25, 0.3) is 55.3 Å². The van der Waals surface area contributed by atoms with E-state index < -0.39 is 10.8 Å². The van der Waals surface area contributed by atoms with Gasteiger partial charge in [-0.1, -0.05) is 218 Å². The lowest BCUT2D eigenvalue weighted by Crippen LogP contribution is -2.34. The first-order chi connectivity index (χ1) is 30.7. The third-order valence-corrected chi connectivity index (χ3v) is 14.3. The molecular formula is C61H41N. The van der Waals surface area contributed by atoms with Gasteiger partial charge in [0.1, 0.15) is 0 Å². The maximum Gasteiger partial charge on any atom is 0.0714 e. The van der Waals surface area contributed by atoms with Crippen molar-refractivity contribution in [2.45, 2.75) is 17.8 Å². The van der Waals surface area contributed by atoms with E-state index in [0.717, 1.165) is 0 Å². The van der Waals surface area contributed by atoms with E-state index >= 15 is 0 Å². The highest BCUT2D eigenvalue weighted by Gasteiger charge is 2.53. The second kappa shape index (κ2) is 13.1. The molecule has 0 amide bonds. The number of benzene rings is 10. The summed E-state index contributed by atoms with van der Waals surface area (Å²) in [5, 5.41) is 2.58. The van der Waals surface area contributed by atoms with Gasteiger partial charge in [0.2, 0.25) is 0 Å². The van der Waals surface area contributed by atoms with Crippen molar-refractivity contribution in [3.05, 3.63) is 269 Å². The van der Waals surface area contributed by atoms with Crippen LogP contribution >= 0.6 is 0 Å². The Bertz CT molecular complexity index is 3400. The minimum Gasteiger partial charge on any atom is -0.309 e. The maximum atomic E-state index is 2.64. The topological polar surface area (TPSA) is 3.24 Å². The van der Waals surface area contributed by atoms with Crippen molar-refractivity contribution in [1.29, 1.82) is 0 Å². The van der Waals surface area contributed by atoms with Gasteiger partial charge in [0.15, 0.2) is 0 Å². The van der Waals surface area contributed by atoms with Crippen LogP contribution in [0.2, 0.25) is 0 Å². The molecule has 13 rings (SSSR count). The summed E-state index contributed by atoms with van der Waals surface area (Å²) in [4.78, 5) is 2.64. The van der Waals surface area contributed by atoms with Gasteiger partial charge in [-0.15, -0.1) is 0 Å². The van der Waals surface area contributed by atoms with E-state index in [4.69, 9.17) is 0 Å². The van der Waals surface area contributed by atoms with Gasteiger partial charge >= 0.3 is 0 Å². The fourth-order valence-electron chi connectivity index (χ4n) is 11.8. The Balaban J connectivity index is 1.18. The number of hydrogen-bond donors (Lipinski definition) is 0. The number of para-hydroxylation sites is 1. The molecule has 2 aliphatic carbocycles. The number of fused-ring (bicyclic) bond motifs is 11. The predicted octanol–water partition coefficient (Wildman–Crippen LogP) is 15.7. The second-order valence-corrected chi connectivity index (χ2v) is 17.2. The third-order valence-electron chi connectivity index (χ3n) is 14.3. The van der Waals surface area contributed by atoms with Crippen LogP contribution in [0, 0.1) is 0 Å². The van der Waals surface area contributed by atoms with Crippen LogP contribution in [0.5, 0.6) is 0 Å². The molecule has 1 heteroatoms. The molecule has 0 aromatic heterocycles. The van der Waals surface area contributed by atoms with Gasteiger partial charge in [0.25, 0.3) is 0 Å². The average Bonchev–Trinajstić information content (AvgIpc) is 3.81. The monoisotopic (exact) mass is 787 g/mol. The average molecular weight is 788 g/mol. The maximum absolute atomic E-state index is 2.64. The van der Waals surface area contributed by atoms with Crippen molar-refractivity contribution in [2.24, 2.45) is 0 Å². The first-order valence-electron chi connectivity index (χ1n) is 21.8. The van der Waals surface area contributed by atoms with Gasteiger partial charge in [-0.25, -0.2) is 0 Å². The van der Waals surface area contributed by atoms with E-state index in [-0.39, 0.29) is 0 Å². The Morgan fingerprint density at radius 3 is 1.69 bits per heavy atom. The highest BCUT2D eigenvalue weighted by molar-refractivity contribution is 6.10. The van der Waals surface area contributed by atoms with E-state index in [1.807, 2.05) is 0 Å². The summed E-state index contributed by atoms with van der Waals surface area (Å²) in [5.41, 5.74) is 21.9. The zero-order valence-corrected chi connectivity index (χ0v) is 34.4. The molecular weight excluding hydrogens is 747 g/mol. The summed E-state index contributed by atoms with van der Waals surface area (Å²) in [5.74, 6) is 0. The molecule has 0 bridgehead atoms. The van der Waals surface area contributed by atoms with E-state index in [1.54, 1.807) is 0 Å². The molecule has 0 fully saturated rings. The lowest BCUT2D eigenvalue weighted by molar-refractivity contribution is 0.700. The summed E-state index contributed by atoms with van der Waals surface area (Å²) < 4.78 is 0. The van der Waals surface area contributed by atoms with E-state index in [2.05, 4.69) is 242 Å². The fourth-order valence-corrected chi connectivity index (χ4v) is 11.8. The van der Waals surface area contributed by atoms with Crippen LogP contribution in [0.15, 0.2) is 231 Å². The number of anilines is 3. The van der Waals surface area contributed by atoms with Gasteiger partial charge < -0.3 is 4.90 Å². The van der Waals surface area contributed by atoms with Crippen molar-refractivity contribution in [3.8, 4) is 44.5 Å². The van der Waals surface area contributed by atoms with Crippen LogP contribution in [-0.4, -0.2) is 0 Å². The molecule has 62 heavy (non-hydrogen) atoms. The van der Waals surface area contributed by atoms with Crippen LogP contribution in [-0.2, 0) is 10.8 Å². The van der Waals surface area contributed by atoms with Crippen LogP contribution in [0.3, 0.4) is 0 Å². The van der Waals surface area contributed by atoms with Crippen molar-refractivity contribution < 1.29 is 0 Å². The molecule has 0 saturated carbocycles. The number of rotatable bonds is 5. The zero-order chi connectivity index (χ0) is 41.0. The van der Waals surface area contributed by atoms with Gasteiger partial charge in [-0.2, -0.15) is 0 Å². The molecule has 10 aromatic rings. The fraction of sp³-hybridized carbons (Fsp3) is 0.0492. The Kier molecular flexibility index (Phi) is 7.42. The number of hydrogen-bond acceptors (Lipinski definition) is 1. The summed E-state index contributed by atoms with van der Waals surface area (Å²) in [6.45, 7) is 2.50. The minimum atomic E-state index is -0.575. The lowest BCUT2D eigenvalue weighted by Gasteiger charge is -2.44. The zero-order valence-electron chi connectivity index (χ0n) is 34.4. The first-order valence-corrected chi connectivity index (χ1v) is 21.8. The molecule has 1 heterocycles. The lowest BCUT2D eigenvalue weighted by atomic mass is 9.66. The van der Waals surface area contributed by atoms with Gasteiger partial charge in [0.05, 0.1) is 22.5 Å². The van der Waals surface area contributed by atoms with Crippen molar-refractivity contribution >= 4 is 27.8 Å².